The Morgan fingerprint density at radius 2 is 1.64 bits per heavy atom. The first-order valence-corrected chi connectivity index (χ1v) is 9.71. The molecular weight excluding hydrogens is 308 g/mol. The zero-order valence-electron chi connectivity index (χ0n) is 14.8. The van der Waals surface area contributed by atoms with Gasteiger partial charge in [-0.2, -0.15) is 0 Å². The van der Waals surface area contributed by atoms with Crippen LogP contribution in [0.1, 0.15) is 29.7 Å². The summed E-state index contributed by atoms with van der Waals surface area (Å²) in [4.78, 5) is 14.4. The summed E-state index contributed by atoms with van der Waals surface area (Å²) in [5.74, 6) is 2.82. The third-order valence-corrected chi connectivity index (χ3v) is 6.21. The Labute approximate surface area is 149 Å². The largest absolute Gasteiger partial charge is 0.356 e. The van der Waals surface area contributed by atoms with Gasteiger partial charge in [-0.05, 0) is 43.1 Å². The van der Waals surface area contributed by atoms with Crippen molar-refractivity contribution in [2.45, 2.75) is 32.2 Å². The van der Waals surface area contributed by atoms with E-state index in [9.17, 15) is 0 Å². The quantitative estimate of drug-likeness (QED) is 0.864. The average molecular weight is 334 g/mol. The summed E-state index contributed by atoms with van der Waals surface area (Å²) in [6.07, 6.45) is 6.66. The Hall–Kier alpha value is -1.94. The van der Waals surface area contributed by atoms with Crippen molar-refractivity contribution >= 4 is 5.82 Å². The van der Waals surface area contributed by atoms with Gasteiger partial charge < -0.3 is 4.90 Å². The van der Waals surface area contributed by atoms with Crippen LogP contribution in [0.5, 0.6) is 0 Å². The number of hydrogen-bond acceptors (Lipinski definition) is 4. The number of nitrogens with zero attached hydrogens (tertiary/aromatic N) is 4. The van der Waals surface area contributed by atoms with Gasteiger partial charge in [-0.15, -0.1) is 0 Å². The van der Waals surface area contributed by atoms with Gasteiger partial charge in [0.05, 0.1) is 0 Å². The number of aryl methyl sites for hydroxylation is 1. The number of fused-ring (bicyclic) bond motifs is 2. The maximum atomic E-state index is 4.69. The van der Waals surface area contributed by atoms with Crippen molar-refractivity contribution < 1.29 is 0 Å². The summed E-state index contributed by atoms with van der Waals surface area (Å²) < 4.78 is 0. The molecule has 5 rings (SSSR count). The van der Waals surface area contributed by atoms with Crippen molar-refractivity contribution in [3.05, 3.63) is 53.5 Å². The zero-order valence-corrected chi connectivity index (χ0v) is 14.8. The van der Waals surface area contributed by atoms with Crippen LogP contribution < -0.4 is 4.90 Å². The van der Waals surface area contributed by atoms with Gasteiger partial charge in [0.15, 0.2) is 0 Å². The van der Waals surface area contributed by atoms with Crippen molar-refractivity contribution in [1.29, 1.82) is 0 Å². The third-order valence-electron chi connectivity index (χ3n) is 6.21. The first-order valence-electron chi connectivity index (χ1n) is 9.71. The lowest BCUT2D eigenvalue weighted by atomic mass is 9.96. The topological polar surface area (TPSA) is 32.3 Å². The second-order valence-corrected chi connectivity index (χ2v) is 7.93. The summed E-state index contributed by atoms with van der Waals surface area (Å²) in [5, 5.41) is 0. The highest BCUT2D eigenvalue weighted by molar-refractivity contribution is 5.50. The number of likely N-dealkylation sites (tertiary alicyclic amines) is 1. The van der Waals surface area contributed by atoms with E-state index in [1.807, 2.05) is 0 Å². The van der Waals surface area contributed by atoms with Gasteiger partial charge in [-0.25, -0.2) is 9.97 Å². The summed E-state index contributed by atoms with van der Waals surface area (Å²) in [6, 6.07) is 10.9. The van der Waals surface area contributed by atoms with Crippen molar-refractivity contribution in [1.82, 2.24) is 14.9 Å². The van der Waals surface area contributed by atoms with Crippen molar-refractivity contribution in [3.63, 3.8) is 0 Å². The normalized spacial score (nSPS) is 25.8. The van der Waals surface area contributed by atoms with E-state index < -0.39 is 0 Å². The summed E-state index contributed by atoms with van der Waals surface area (Å²) in [6.45, 7) is 5.88. The van der Waals surface area contributed by atoms with E-state index in [4.69, 9.17) is 0 Å². The Morgan fingerprint density at radius 1 is 0.880 bits per heavy atom. The molecule has 1 aromatic carbocycles. The van der Waals surface area contributed by atoms with Crippen molar-refractivity contribution in [2.24, 2.45) is 11.8 Å². The number of rotatable bonds is 3. The zero-order chi connectivity index (χ0) is 16.6. The van der Waals surface area contributed by atoms with Crippen LogP contribution in [-0.2, 0) is 19.4 Å². The van der Waals surface area contributed by atoms with E-state index in [1.165, 1.54) is 61.7 Å². The highest BCUT2D eigenvalue weighted by atomic mass is 15.3. The van der Waals surface area contributed by atoms with Crippen LogP contribution >= 0.6 is 0 Å². The Balaban J connectivity index is 1.27. The van der Waals surface area contributed by atoms with Gasteiger partial charge in [0.2, 0.25) is 0 Å². The first kappa shape index (κ1) is 15.3. The second kappa shape index (κ2) is 6.41. The molecule has 2 aromatic rings. The molecule has 25 heavy (non-hydrogen) atoms. The Kier molecular flexibility index (Phi) is 3.93. The molecule has 0 spiro atoms. The van der Waals surface area contributed by atoms with Crippen LogP contribution in [0.3, 0.4) is 0 Å². The fourth-order valence-electron chi connectivity index (χ4n) is 5.01. The SMILES string of the molecule is c1ccc(CN2C[C@@H]3CN(c4ncnc5c4CCCC5)C[C@@H]3C2)cc1. The highest BCUT2D eigenvalue weighted by Crippen LogP contribution is 2.36. The molecule has 4 nitrogen and oxygen atoms in total. The van der Waals surface area contributed by atoms with Gasteiger partial charge >= 0.3 is 0 Å². The third kappa shape index (κ3) is 2.93. The first-order chi connectivity index (χ1) is 12.4. The molecule has 3 aliphatic rings. The Bertz CT molecular complexity index is 731. The van der Waals surface area contributed by atoms with Gasteiger partial charge in [-0.1, -0.05) is 30.3 Å². The molecule has 0 saturated carbocycles. The summed E-state index contributed by atoms with van der Waals surface area (Å²) in [5.41, 5.74) is 4.18. The van der Waals surface area contributed by atoms with Gasteiger partial charge in [0.25, 0.3) is 0 Å². The Morgan fingerprint density at radius 3 is 2.44 bits per heavy atom. The van der Waals surface area contributed by atoms with Gasteiger partial charge in [0.1, 0.15) is 12.1 Å². The average Bonchev–Trinajstić information content (AvgIpc) is 3.20. The molecule has 3 heterocycles. The smallest absolute Gasteiger partial charge is 0.135 e. The molecule has 2 atom stereocenters. The molecule has 0 unspecified atom stereocenters. The molecule has 4 heteroatoms. The predicted molar refractivity (Wildman–Crippen MR) is 99.6 cm³/mol. The van der Waals surface area contributed by atoms with E-state index in [1.54, 1.807) is 6.33 Å². The van der Waals surface area contributed by atoms with Crippen molar-refractivity contribution in [2.75, 3.05) is 31.1 Å². The molecule has 0 amide bonds. The maximum absolute atomic E-state index is 4.69. The van der Waals surface area contributed by atoms with Gasteiger partial charge in [-0.3, -0.25) is 4.90 Å². The number of hydrogen-bond donors (Lipinski definition) is 0. The van der Waals surface area contributed by atoms with E-state index >= 15 is 0 Å². The van der Waals surface area contributed by atoms with Crippen LogP contribution in [0.4, 0.5) is 5.82 Å². The fourth-order valence-corrected chi connectivity index (χ4v) is 5.01. The number of anilines is 1. The van der Waals surface area contributed by atoms with E-state index in [-0.39, 0.29) is 0 Å². The van der Waals surface area contributed by atoms with E-state index in [2.05, 4.69) is 50.1 Å². The van der Waals surface area contributed by atoms with Crippen LogP contribution in [0, 0.1) is 11.8 Å². The molecule has 1 aromatic heterocycles. The van der Waals surface area contributed by atoms with E-state index in [0.717, 1.165) is 31.2 Å². The van der Waals surface area contributed by atoms with Crippen LogP contribution in [0.25, 0.3) is 0 Å². The number of benzene rings is 1. The maximum Gasteiger partial charge on any atom is 0.135 e. The lowest BCUT2D eigenvalue weighted by Crippen LogP contribution is -2.30. The summed E-state index contributed by atoms with van der Waals surface area (Å²) in [7, 11) is 0. The molecular formula is C21H26N4. The predicted octanol–water partition coefficient (Wildman–Crippen LogP) is 2.92. The monoisotopic (exact) mass is 334 g/mol. The molecule has 1 aliphatic carbocycles. The molecule has 2 fully saturated rings. The van der Waals surface area contributed by atoms with Crippen LogP contribution in [0.2, 0.25) is 0 Å². The van der Waals surface area contributed by atoms with E-state index in [0.29, 0.717) is 0 Å². The minimum atomic E-state index is 0.790. The minimum Gasteiger partial charge on any atom is -0.356 e. The fraction of sp³-hybridized carbons (Fsp3) is 0.524. The highest BCUT2D eigenvalue weighted by Gasteiger charge is 2.41. The standard InChI is InChI=1S/C21H26N4/c1-2-6-16(7-3-1)10-24-11-17-13-25(14-18(17)12-24)21-19-8-4-5-9-20(19)22-15-23-21/h1-3,6-7,15,17-18H,4-5,8-14H2/t17-,18+. The molecule has 0 bridgehead atoms. The van der Waals surface area contributed by atoms with Crippen LogP contribution in [0.15, 0.2) is 36.7 Å². The molecule has 2 saturated heterocycles. The van der Waals surface area contributed by atoms with Crippen molar-refractivity contribution in [3.8, 4) is 0 Å². The lowest BCUT2D eigenvalue weighted by Gasteiger charge is -2.26. The lowest BCUT2D eigenvalue weighted by molar-refractivity contribution is 0.308. The van der Waals surface area contributed by atoms with Gasteiger partial charge in [0, 0.05) is 44.0 Å². The molecule has 2 aliphatic heterocycles. The molecule has 130 valence electrons. The summed E-state index contributed by atoms with van der Waals surface area (Å²) >= 11 is 0. The minimum absolute atomic E-state index is 0.790. The molecule has 0 N–H and O–H groups in total. The number of aromatic nitrogens is 2. The molecule has 0 radical (unpaired) electrons. The van der Waals surface area contributed by atoms with Crippen LogP contribution in [-0.4, -0.2) is 41.0 Å². The second-order valence-electron chi connectivity index (χ2n) is 7.93.